The van der Waals surface area contributed by atoms with Crippen LogP contribution in [0.15, 0.2) is 30.5 Å². The first-order chi connectivity index (χ1) is 15.6. The van der Waals surface area contributed by atoms with E-state index >= 15 is 0 Å². The quantitative estimate of drug-likeness (QED) is 0.572. The van der Waals surface area contributed by atoms with E-state index in [4.69, 9.17) is 21.3 Å². The van der Waals surface area contributed by atoms with E-state index in [1.165, 1.54) is 0 Å². The molecule has 0 aromatic carbocycles. The summed E-state index contributed by atoms with van der Waals surface area (Å²) in [4.78, 5) is 21.8. The molecule has 7 nitrogen and oxygen atoms in total. The largest absolute Gasteiger partial charge is 0.381 e. The van der Waals surface area contributed by atoms with Gasteiger partial charge >= 0.3 is 0 Å². The van der Waals surface area contributed by atoms with Crippen LogP contribution in [0.2, 0.25) is 5.02 Å². The molecule has 2 atom stereocenters. The van der Waals surface area contributed by atoms with Crippen molar-refractivity contribution < 1.29 is 9.53 Å². The first kappa shape index (κ1) is 23.0. The summed E-state index contributed by atoms with van der Waals surface area (Å²) in [6.07, 6.45) is 6.71. The van der Waals surface area contributed by atoms with Crippen molar-refractivity contribution in [1.29, 1.82) is 0 Å². The van der Waals surface area contributed by atoms with Gasteiger partial charge in [0.05, 0.1) is 16.6 Å². The molecule has 3 N–H and O–H groups in total. The first-order valence-corrected chi connectivity index (χ1v) is 12.0. The van der Waals surface area contributed by atoms with Crippen molar-refractivity contribution in [3.05, 3.63) is 35.5 Å². The molecule has 2 aliphatic heterocycles. The van der Waals surface area contributed by atoms with E-state index < -0.39 is 0 Å². The van der Waals surface area contributed by atoms with Crippen LogP contribution in [-0.4, -0.2) is 48.2 Å². The lowest BCUT2D eigenvalue weighted by molar-refractivity contribution is -0.120. The molecule has 0 spiro atoms. The minimum absolute atomic E-state index is 0.00679. The van der Waals surface area contributed by atoms with Crippen molar-refractivity contribution in [2.24, 2.45) is 11.8 Å². The molecule has 32 heavy (non-hydrogen) atoms. The average molecular weight is 458 g/mol. The number of amides is 1. The zero-order chi connectivity index (χ0) is 22.3. The van der Waals surface area contributed by atoms with Crippen LogP contribution in [0.25, 0.3) is 11.3 Å². The fourth-order valence-corrected chi connectivity index (χ4v) is 4.50. The number of pyridine rings is 2. The molecular formula is C24H32ClN5O2. The van der Waals surface area contributed by atoms with E-state index in [-0.39, 0.29) is 11.8 Å². The van der Waals surface area contributed by atoms with Crippen LogP contribution < -0.4 is 16.0 Å². The molecule has 2 aromatic rings. The van der Waals surface area contributed by atoms with Crippen LogP contribution >= 0.6 is 11.6 Å². The maximum Gasteiger partial charge on any atom is 0.229 e. The van der Waals surface area contributed by atoms with Crippen molar-refractivity contribution in [1.82, 2.24) is 15.3 Å². The van der Waals surface area contributed by atoms with Crippen LogP contribution in [0.4, 0.5) is 11.6 Å². The summed E-state index contributed by atoms with van der Waals surface area (Å²) in [5, 5.41) is 10.4. The van der Waals surface area contributed by atoms with E-state index in [0.29, 0.717) is 29.3 Å². The lowest BCUT2D eigenvalue weighted by Crippen LogP contribution is -2.43. The number of piperidine rings is 1. The lowest BCUT2D eigenvalue weighted by Gasteiger charge is -2.28. The summed E-state index contributed by atoms with van der Waals surface area (Å²) in [5.74, 6) is 1.85. The topological polar surface area (TPSA) is 88.2 Å². The Morgan fingerprint density at radius 3 is 2.81 bits per heavy atom. The van der Waals surface area contributed by atoms with Gasteiger partial charge < -0.3 is 20.7 Å². The number of ether oxygens (including phenoxy) is 1. The minimum atomic E-state index is -0.0467. The second kappa shape index (κ2) is 11.1. The van der Waals surface area contributed by atoms with E-state index in [9.17, 15) is 4.79 Å². The van der Waals surface area contributed by atoms with Crippen molar-refractivity contribution in [2.45, 2.75) is 45.1 Å². The number of nitrogens with one attached hydrogen (secondary N) is 3. The Hall–Kier alpha value is -2.22. The number of anilines is 2. The standard InChI is InChI=1S/C24H32ClN5O2/c1-2-18-7-6-17(14-26-18)24(31)30-23-12-19(20(25)15-28-23)21-4-3-5-22(29-21)27-13-16-8-10-32-11-9-16/h3-5,12,15-18,26H,2,6-11,13-14H2,1H3,(H,27,29)(H,28,30,31)/t17-,18-/m0/s1. The van der Waals surface area contributed by atoms with Crippen LogP contribution in [0.1, 0.15) is 39.0 Å². The number of hydrogen-bond acceptors (Lipinski definition) is 6. The summed E-state index contributed by atoms with van der Waals surface area (Å²) in [5.41, 5.74) is 1.49. The average Bonchev–Trinajstić information content (AvgIpc) is 2.85. The highest BCUT2D eigenvalue weighted by molar-refractivity contribution is 6.33. The van der Waals surface area contributed by atoms with Gasteiger partial charge in [-0.15, -0.1) is 0 Å². The van der Waals surface area contributed by atoms with Gasteiger partial charge in [-0.25, -0.2) is 9.97 Å². The van der Waals surface area contributed by atoms with Gasteiger partial charge in [-0.1, -0.05) is 24.6 Å². The molecule has 0 bridgehead atoms. The monoisotopic (exact) mass is 457 g/mol. The summed E-state index contributed by atoms with van der Waals surface area (Å²) in [6, 6.07) is 8.15. The van der Waals surface area contributed by atoms with Gasteiger partial charge in [-0.2, -0.15) is 0 Å². The SMILES string of the molecule is CC[C@H]1CC[C@H](C(=O)Nc2cc(-c3cccc(NCC4CCOCC4)n3)c(Cl)cn2)CN1. The van der Waals surface area contributed by atoms with Gasteiger partial charge in [-0.05, 0) is 56.2 Å². The lowest BCUT2D eigenvalue weighted by atomic mass is 9.93. The maximum atomic E-state index is 12.7. The van der Waals surface area contributed by atoms with Crippen molar-refractivity contribution >= 4 is 29.1 Å². The fraction of sp³-hybridized carbons (Fsp3) is 0.542. The van der Waals surface area contributed by atoms with Gasteiger partial charge in [-0.3, -0.25) is 4.79 Å². The molecule has 2 fully saturated rings. The highest BCUT2D eigenvalue weighted by Crippen LogP contribution is 2.29. The van der Waals surface area contributed by atoms with Crippen LogP contribution in [0, 0.1) is 11.8 Å². The Labute approximate surface area is 194 Å². The zero-order valence-corrected chi connectivity index (χ0v) is 19.3. The predicted octanol–water partition coefficient (Wildman–Crippen LogP) is 4.35. The van der Waals surface area contributed by atoms with Gasteiger partial charge in [0, 0.05) is 44.1 Å². The number of aromatic nitrogens is 2. The third kappa shape index (κ3) is 5.97. The predicted molar refractivity (Wildman–Crippen MR) is 128 cm³/mol. The Bertz CT molecular complexity index is 911. The molecule has 172 valence electrons. The molecule has 0 saturated carbocycles. The molecule has 2 aliphatic rings. The van der Waals surface area contributed by atoms with Crippen molar-refractivity contribution in [3.63, 3.8) is 0 Å². The summed E-state index contributed by atoms with van der Waals surface area (Å²) >= 11 is 6.44. The van der Waals surface area contributed by atoms with Crippen LogP contribution in [0.3, 0.4) is 0 Å². The van der Waals surface area contributed by atoms with Crippen molar-refractivity contribution in [3.8, 4) is 11.3 Å². The smallest absolute Gasteiger partial charge is 0.229 e. The summed E-state index contributed by atoms with van der Waals surface area (Å²) in [6.45, 7) is 5.40. The van der Waals surface area contributed by atoms with Gasteiger partial charge in [0.25, 0.3) is 0 Å². The minimum Gasteiger partial charge on any atom is -0.381 e. The highest BCUT2D eigenvalue weighted by atomic mass is 35.5. The van der Waals surface area contributed by atoms with Crippen LogP contribution in [-0.2, 0) is 9.53 Å². The third-order valence-electron chi connectivity index (χ3n) is 6.42. The Morgan fingerprint density at radius 2 is 2.06 bits per heavy atom. The second-order valence-corrected chi connectivity index (χ2v) is 9.08. The Balaban J connectivity index is 1.41. The van der Waals surface area contributed by atoms with Gasteiger partial charge in [0.1, 0.15) is 11.6 Å². The van der Waals surface area contributed by atoms with E-state index in [0.717, 1.165) is 68.9 Å². The molecule has 0 radical (unpaired) electrons. The highest BCUT2D eigenvalue weighted by Gasteiger charge is 2.25. The molecule has 4 heterocycles. The first-order valence-electron chi connectivity index (χ1n) is 11.6. The van der Waals surface area contributed by atoms with E-state index in [2.05, 4.69) is 27.9 Å². The molecule has 1 amide bonds. The molecule has 0 aliphatic carbocycles. The summed E-state index contributed by atoms with van der Waals surface area (Å²) in [7, 11) is 0. The van der Waals surface area contributed by atoms with Gasteiger partial charge in [0.2, 0.25) is 5.91 Å². The second-order valence-electron chi connectivity index (χ2n) is 8.67. The summed E-state index contributed by atoms with van der Waals surface area (Å²) < 4.78 is 5.43. The Kier molecular flexibility index (Phi) is 7.95. The third-order valence-corrected chi connectivity index (χ3v) is 6.73. The normalized spacial score (nSPS) is 21.8. The molecule has 4 rings (SSSR count). The molecular weight excluding hydrogens is 426 g/mol. The van der Waals surface area contributed by atoms with Crippen LogP contribution in [0.5, 0.6) is 0 Å². The number of nitrogens with zero attached hydrogens (tertiary/aromatic N) is 2. The van der Waals surface area contributed by atoms with E-state index in [1.807, 2.05) is 18.2 Å². The molecule has 2 aromatic heterocycles. The van der Waals surface area contributed by atoms with Gasteiger partial charge in [0.15, 0.2) is 0 Å². The molecule has 8 heteroatoms. The molecule has 0 unspecified atom stereocenters. The molecule has 2 saturated heterocycles. The van der Waals surface area contributed by atoms with Crippen molar-refractivity contribution in [2.75, 3.05) is 36.9 Å². The maximum absolute atomic E-state index is 12.7. The number of carbonyl (C=O) groups is 1. The number of rotatable bonds is 7. The fourth-order valence-electron chi connectivity index (χ4n) is 4.30. The number of halogens is 1. The Morgan fingerprint density at radius 1 is 1.22 bits per heavy atom. The van der Waals surface area contributed by atoms with E-state index in [1.54, 1.807) is 12.3 Å². The number of carbonyl (C=O) groups excluding carboxylic acids is 1. The number of hydrogen-bond donors (Lipinski definition) is 3. The zero-order valence-electron chi connectivity index (χ0n) is 18.6.